The Labute approximate surface area is 112 Å². The monoisotopic (exact) mass is 262 g/mol. The SMILES string of the molecule is CCCCC(=O)NCCC1N=C2C=CC(=O)C=C2O1. The first-order valence-electron chi connectivity index (χ1n) is 6.64. The van der Waals surface area contributed by atoms with Gasteiger partial charge < -0.3 is 10.1 Å². The molecule has 0 bridgehead atoms. The molecule has 1 N–H and O–H groups in total. The van der Waals surface area contributed by atoms with Crippen LogP contribution < -0.4 is 5.32 Å². The van der Waals surface area contributed by atoms with Crippen LogP contribution in [0.4, 0.5) is 0 Å². The van der Waals surface area contributed by atoms with Gasteiger partial charge in [0.25, 0.3) is 0 Å². The second-order valence-electron chi connectivity index (χ2n) is 4.57. The second-order valence-corrected chi connectivity index (χ2v) is 4.57. The molecule has 0 aromatic carbocycles. The van der Waals surface area contributed by atoms with Crippen molar-refractivity contribution in [2.45, 2.75) is 38.8 Å². The number of unbranched alkanes of at least 4 members (excludes halogenated alkanes) is 1. The fourth-order valence-corrected chi connectivity index (χ4v) is 1.91. The molecule has 1 aliphatic carbocycles. The van der Waals surface area contributed by atoms with Gasteiger partial charge in [-0.25, -0.2) is 4.99 Å². The molecule has 0 spiro atoms. The third kappa shape index (κ3) is 3.77. The summed E-state index contributed by atoms with van der Waals surface area (Å²) in [4.78, 5) is 26.9. The molecule has 2 rings (SSSR count). The molecular formula is C14H18N2O3. The Morgan fingerprint density at radius 1 is 1.47 bits per heavy atom. The lowest BCUT2D eigenvalue weighted by atomic mass is 10.1. The van der Waals surface area contributed by atoms with Crippen molar-refractivity contribution in [2.75, 3.05) is 6.54 Å². The van der Waals surface area contributed by atoms with Crippen molar-refractivity contribution in [2.24, 2.45) is 4.99 Å². The van der Waals surface area contributed by atoms with E-state index in [-0.39, 0.29) is 17.9 Å². The molecule has 2 aliphatic rings. The first-order valence-corrected chi connectivity index (χ1v) is 6.64. The fraction of sp³-hybridized carbons (Fsp3) is 0.500. The first kappa shape index (κ1) is 13.5. The molecule has 0 saturated heterocycles. The maximum absolute atomic E-state index is 11.4. The Morgan fingerprint density at radius 2 is 2.32 bits per heavy atom. The van der Waals surface area contributed by atoms with Gasteiger partial charge in [-0.1, -0.05) is 13.3 Å². The zero-order valence-corrected chi connectivity index (χ0v) is 11.0. The number of nitrogens with one attached hydrogen (secondary N) is 1. The van der Waals surface area contributed by atoms with Crippen LogP contribution in [0.1, 0.15) is 32.6 Å². The largest absolute Gasteiger partial charge is 0.466 e. The van der Waals surface area contributed by atoms with E-state index >= 15 is 0 Å². The highest BCUT2D eigenvalue weighted by Gasteiger charge is 2.24. The molecule has 0 radical (unpaired) electrons. The van der Waals surface area contributed by atoms with E-state index < -0.39 is 0 Å². The lowest BCUT2D eigenvalue weighted by Gasteiger charge is -2.10. The lowest BCUT2D eigenvalue weighted by Crippen LogP contribution is -2.26. The number of nitrogens with zero attached hydrogens (tertiary/aromatic N) is 1. The summed E-state index contributed by atoms with van der Waals surface area (Å²) in [7, 11) is 0. The van der Waals surface area contributed by atoms with Crippen molar-refractivity contribution < 1.29 is 14.3 Å². The highest BCUT2D eigenvalue weighted by molar-refractivity contribution is 6.19. The average Bonchev–Trinajstić information content (AvgIpc) is 2.78. The predicted octanol–water partition coefficient (Wildman–Crippen LogP) is 1.50. The Hall–Kier alpha value is -1.91. The van der Waals surface area contributed by atoms with Crippen LogP contribution in [-0.2, 0) is 14.3 Å². The smallest absolute Gasteiger partial charge is 0.219 e. The number of allylic oxidation sites excluding steroid dienone is 3. The molecule has 1 atom stereocenters. The van der Waals surface area contributed by atoms with E-state index in [1.165, 1.54) is 12.2 Å². The van der Waals surface area contributed by atoms with E-state index in [1.54, 1.807) is 6.08 Å². The van der Waals surface area contributed by atoms with Gasteiger partial charge >= 0.3 is 0 Å². The number of hydrogen-bond donors (Lipinski definition) is 1. The van der Waals surface area contributed by atoms with Gasteiger partial charge in [0.05, 0.1) is 0 Å². The molecule has 1 unspecified atom stereocenters. The van der Waals surface area contributed by atoms with Crippen LogP contribution in [-0.4, -0.2) is 30.2 Å². The molecule has 19 heavy (non-hydrogen) atoms. The van der Waals surface area contributed by atoms with E-state index in [0.717, 1.165) is 12.8 Å². The summed E-state index contributed by atoms with van der Waals surface area (Å²) in [5.41, 5.74) is 0.710. The summed E-state index contributed by atoms with van der Waals surface area (Å²) < 4.78 is 5.53. The van der Waals surface area contributed by atoms with Gasteiger partial charge in [0.1, 0.15) is 5.71 Å². The van der Waals surface area contributed by atoms with E-state index in [1.807, 2.05) is 0 Å². The van der Waals surface area contributed by atoms with Gasteiger partial charge in [-0.05, 0) is 18.6 Å². The van der Waals surface area contributed by atoms with Crippen molar-refractivity contribution in [1.29, 1.82) is 0 Å². The zero-order valence-electron chi connectivity index (χ0n) is 11.0. The summed E-state index contributed by atoms with van der Waals surface area (Å²) in [6.07, 6.45) is 7.38. The minimum Gasteiger partial charge on any atom is -0.466 e. The first-order chi connectivity index (χ1) is 9.19. The van der Waals surface area contributed by atoms with Gasteiger partial charge in [-0.3, -0.25) is 9.59 Å². The number of carbonyl (C=O) groups excluding carboxylic acids is 2. The molecule has 5 heteroatoms. The maximum atomic E-state index is 11.4. The van der Waals surface area contributed by atoms with Crippen LogP contribution >= 0.6 is 0 Å². The molecule has 1 heterocycles. The second kappa shape index (κ2) is 6.31. The summed E-state index contributed by atoms with van der Waals surface area (Å²) in [5.74, 6) is 0.525. The molecule has 1 amide bonds. The number of fused-ring (bicyclic) bond motifs is 1. The van der Waals surface area contributed by atoms with E-state index in [2.05, 4.69) is 17.2 Å². The van der Waals surface area contributed by atoms with Gasteiger partial charge in [0.15, 0.2) is 17.8 Å². The van der Waals surface area contributed by atoms with Gasteiger partial charge in [0.2, 0.25) is 5.91 Å². The van der Waals surface area contributed by atoms with E-state index in [0.29, 0.717) is 30.9 Å². The van der Waals surface area contributed by atoms with Crippen molar-refractivity contribution >= 4 is 17.4 Å². The van der Waals surface area contributed by atoms with Crippen molar-refractivity contribution in [1.82, 2.24) is 5.32 Å². The van der Waals surface area contributed by atoms with Crippen molar-refractivity contribution in [3.05, 3.63) is 24.0 Å². The van der Waals surface area contributed by atoms with Crippen LogP contribution in [0, 0.1) is 0 Å². The summed E-state index contributed by atoms with van der Waals surface area (Å²) >= 11 is 0. The standard InChI is InChI=1S/C14H18N2O3/c1-2-3-4-13(18)15-8-7-14-16-11-6-5-10(17)9-12(11)19-14/h5-6,9,14H,2-4,7-8H2,1H3,(H,15,18). The Bertz CT molecular complexity index is 463. The highest BCUT2D eigenvalue weighted by Crippen LogP contribution is 2.21. The molecular weight excluding hydrogens is 244 g/mol. The number of ether oxygens (including phenoxy) is 1. The maximum Gasteiger partial charge on any atom is 0.219 e. The number of rotatable bonds is 6. The minimum atomic E-state index is -0.303. The number of aliphatic imine (C=N–C) groups is 1. The predicted molar refractivity (Wildman–Crippen MR) is 71.7 cm³/mol. The van der Waals surface area contributed by atoms with Gasteiger partial charge in [0, 0.05) is 25.5 Å². The third-order valence-electron chi connectivity index (χ3n) is 2.95. The summed E-state index contributed by atoms with van der Waals surface area (Å²) in [5, 5.41) is 2.84. The molecule has 5 nitrogen and oxygen atoms in total. The van der Waals surface area contributed by atoms with E-state index in [4.69, 9.17) is 4.74 Å². The van der Waals surface area contributed by atoms with Crippen LogP contribution in [0.2, 0.25) is 0 Å². The van der Waals surface area contributed by atoms with Crippen LogP contribution in [0.5, 0.6) is 0 Å². The van der Waals surface area contributed by atoms with E-state index in [9.17, 15) is 9.59 Å². The molecule has 102 valence electrons. The number of ketones is 1. The normalized spacial score (nSPS) is 20.5. The number of hydrogen-bond acceptors (Lipinski definition) is 4. The summed E-state index contributed by atoms with van der Waals surface area (Å²) in [6, 6.07) is 0. The topological polar surface area (TPSA) is 67.8 Å². The molecule has 1 aliphatic heterocycles. The van der Waals surface area contributed by atoms with Crippen LogP contribution in [0.3, 0.4) is 0 Å². The molecule has 0 aromatic rings. The quantitative estimate of drug-likeness (QED) is 0.738. The third-order valence-corrected chi connectivity index (χ3v) is 2.95. The molecule has 0 saturated carbocycles. The molecule has 0 fully saturated rings. The zero-order chi connectivity index (χ0) is 13.7. The number of carbonyl (C=O) groups is 2. The molecule has 0 aromatic heterocycles. The average molecular weight is 262 g/mol. The lowest BCUT2D eigenvalue weighted by molar-refractivity contribution is -0.121. The van der Waals surface area contributed by atoms with Crippen molar-refractivity contribution in [3.8, 4) is 0 Å². The van der Waals surface area contributed by atoms with Gasteiger partial charge in [-0.15, -0.1) is 0 Å². The number of amides is 1. The Balaban J connectivity index is 1.73. The Morgan fingerprint density at radius 3 is 3.11 bits per heavy atom. The minimum absolute atomic E-state index is 0.0687. The fourth-order valence-electron chi connectivity index (χ4n) is 1.91. The highest BCUT2D eigenvalue weighted by atomic mass is 16.5. The van der Waals surface area contributed by atoms with Crippen molar-refractivity contribution in [3.63, 3.8) is 0 Å². The summed E-state index contributed by atoms with van der Waals surface area (Å²) in [6.45, 7) is 2.59. The Kier molecular flexibility index (Phi) is 4.49. The van der Waals surface area contributed by atoms with Crippen LogP contribution in [0.25, 0.3) is 0 Å². The van der Waals surface area contributed by atoms with Gasteiger partial charge in [-0.2, -0.15) is 0 Å². The van der Waals surface area contributed by atoms with Crippen LogP contribution in [0.15, 0.2) is 29.0 Å².